The molecule has 1 aliphatic rings. The first-order chi connectivity index (χ1) is 8.07. The van der Waals surface area contributed by atoms with E-state index in [1.54, 1.807) is 0 Å². The van der Waals surface area contributed by atoms with Gasteiger partial charge in [-0.1, -0.05) is 38.1 Å². The Morgan fingerprint density at radius 1 is 1.35 bits per heavy atom. The molecule has 0 radical (unpaired) electrons. The molecule has 0 fully saturated rings. The fourth-order valence-electron chi connectivity index (χ4n) is 2.54. The number of ketones is 2. The molecule has 1 aromatic rings. The second-order valence-electron chi connectivity index (χ2n) is 5.12. The lowest BCUT2D eigenvalue weighted by Gasteiger charge is -2.32. The van der Waals surface area contributed by atoms with Crippen LogP contribution in [0.5, 0.6) is 0 Å². The van der Waals surface area contributed by atoms with Gasteiger partial charge in [-0.15, -0.1) is 0 Å². The summed E-state index contributed by atoms with van der Waals surface area (Å²) in [5.74, 6) is 0.321. The Kier molecular flexibility index (Phi) is 3.14. The molecule has 17 heavy (non-hydrogen) atoms. The van der Waals surface area contributed by atoms with Crippen LogP contribution in [0.1, 0.15) is 49.0 Å². The zero-order valence-electron chi connectivity index (χ0n) is 10.5. The van der Waals surface area contributed by atoms with E-state index in [2.05, 4.69) is 0 Å². The van der Waals surface area contributed by atoms with Crippen molar-refractivity contribution in [3.05, 3.63) is 35.4 Å². The highest BCUT2D eigenvalue weighted by Gasteiger charge is 2.39. The quantitative estimate of drug-likeness (QED) is 0.799. The molecule has 1 unspecified atom stereocenters. The van der Waals surface area contributed by atoms with E-state index in [0.717, 1.165) is 24.0 Å². The average Bonchev–Trinajstić information content (AvgIpc) is 2.34. The van der Waals surface area contributed by atoms with Crippen molar-refractivity contribution in [1.82, 2.24) is 0 Å². The molecule has 0 heterocycles. The van der Waals surface area contributed by atoms with Crippen LogP contribution in [-0.2, 0) is 11.2 Å². The van der Waals surface area contributed by atoms with E-state index < -0.39 is 5.41 Å². The van der Waals surface area contributed by atoms with E-state index >= 15 is 0 Å². The largest absolute Gasteiger partial charge is 0.300 e. The number of hydrogen-bond donors (Lipinski definition) is 0. The maximum Gasteiger partial charge on any atom is 0.169 e. The minimum Gasteiger partial charge on any atom is -0.300 e. The predicted molar refractivity (Wildman–Crippen MR) is 67.1 cm³/mol. The van der Waals surface area contributed by atoms with Crippen LogP contribution in [0.4, 0.5) is 0 Å². The summed E-state index contributed by atoms with van der Waals surface area (Å²) in [6.45, 7) is 3.78. The van der Waals surface area contributed by atoms with Gasteiger partial charge in [0.05, 0.1) is 0 Å². The molecule has 1 atom stereocenters. The van der Waals surface area contributed by atoms with Gasteiger partial charge in [-0.05, 0) is 18.4 Å². The Balaban J connectivity index is 2.30. The zero-order chi connectivity index (χ0) is 12.5. The monoisotopic (exact) mass is 230 g/mol. The first kappa shape index (κ1) is 12.0. The summed E-state index contributed by atoms with van der Waals surface area (Å²) in [7, 11) is 0. The van der Waals surface area contributed by atoms with E-state index in [9.17, 15) is 9.59 Å². The molecule has 1 aliphatic carbocycles. The highest BCUT2D eigenvalue weighted by Crippen LogP contribution is 2.38. The van der Waals surface area contributed by atoms with Gasteiger partial charge in [-0.2, -0.15) is 0 Å². The van der Waals surface area contributed by atoms with E-state index in [1.165, 1.54) is 0 Å². The van der Waals surface area contributed by atoms with Gasteiger partial charge < -0.3 is 0 Å². The minimum absolute atomic E-state index is 0.140. The van der Waals surface area contributed by atoms with Gasteiger partial charge in [-0.25, -0.2) is 0 Å². The topological polar surface area (TPSA) is 34.1 Å². The van der Waals surface area contributed by atoms with Crippen molar-refractivity contribution in [3.8, 4) is 0 Å². The van der Waals surface area contributed by atoms with E-state index in [-0.39, 0.29) is 11.6 Å². The third-order valence-corrected chi connectivity index (χ3v) is 3.74. The number of carbonyl (C=O) groups is 2. The first-order valence-electron chi connectivity index (χ1n) is 6.21. The number of hydrogen-bond acceptors (Lipinski definition) is 2. The van der Waals surface area contributed by atoms with E-state index in [4.69, 9.17) is 0 Å². The van der Waals surface area contributed by atoms with Gasteiger partial charge in [0, 0.05) is 23.8 Å². The highest BCUT2D eigenvalue weighted by atomic mass is 16.1. The summed E-state index contributed by atoms with van der Waals surface area (Å²) in [5, 5.41) is 0. The second kappa shape index (κ2) is 4.44. The molecular formula is C15H18O2. The highest BCUT2D eigenvalue weighted by molar-refractivity contribution is 6.04. The Morgan fingerprint density at radius 2 is 2.06 bits per heavy atom. The molecule has 2 rings (SSSR count). The summed E-state index contributed by atoms with van der Waals surface area (Å²) in [4.78, 5) is 24.0. The molecular weight excluding hydrogens is 212 g/mol. The third kappa shape index (κ3) is 2.17. The molecule has 0 aliphatic heterocycles. The fraction of sp³-hybridized carbons (Fsp3) is 0.467. The van der Waals surface area contributed by atoms with Crippen LogP contribution in [0.3, 0.4) is 0 Å². The van der Waals surface area contributed by atoms with Crippen molar-refractivity contribution >= 4 is 11.6 Å². The molecule has 0 saturated heterocycles. The van der Waals surface area contributed by atoms with Crippen LogP contribution in [-0.4, -0.2) is 11.6 Å². The number of benzene rings is 1. The average molecular weight is 230 g/mol. The Hall–Kier alpha value is -1.44. The second-order valence-corrected chi connectivity index (χ2v) is 5.12. The van der Waals surface area contributed by atoms with E-state index in [1.807, 2.05) is 38.1 Å². The molecule has 2 nitrogen and oxygen atoms in total. The normalized spacial score (nSPS) is 23.3. The molecule has 0 saturated carbocycles. The van der Waals surface area contributed by atoms with Crippen molar-refractivity contribution in [2.45, 2.75) is 39.5 Å². The number of carbonyl (C=O) groups excluding carboxylic acids is 2. The van der Waals surface area contributed by atoms with Gasteiger partial charge in [0.2, 0.25) is 0 Å². The molecule has 90 valence electrons. The van der Waals surface area contributed by atoms with Crippen LogP contribution in [0.15, 0.2) is 24.3 Å². The van der Waals surface area contributed by atoms with Crippen LogP contribution in [0.2, 0.25) is 0 Å². The summed E-state index contributed by atoms with van der Waals surface area (Å²) < 4.78 is 0. The number of rotatable bonds is 3. The lowest BCUT2D eigenvalue weighted by atomic mass is 9.69. The first-order valence-corrected chi connectivity index (χ1v) is 6.21. The zero-order valence-corrected chi connectivity index (χ0v) is 10.5. The number of fused-ring (bicyclic) bond motifs is 1. The van der Waals surface area contributed by atoms with Crippen LogP contribution >= 0.6 is 0 Å². The maximum absolute atomic E-state index is 12.4. The van der Waals surface area contributed by atoms with Gasteiger partial charge in [0.25, 0.3) is 0 Å². The van der Waals surface area contributed by atoms with Crippen molar-refractivity contribution in [2.75, 3.05) is 0 Å². The fourth-order valence-corrected chi connectivity index (χ4v) is 2.54. The van der Waals surface area contributed by atoms with E-state index in [0.29, 0.717) is 12.8 Å². The van der Waals surface area contributed by atoms with Crippen molar-refractivity contribution in [2.24, 2.45) is 5.41 Å². The number of aryl methyl sites for hydroxylation is 1. The van der Waals surface area contributed by atoms with Gasteiger partial charge >= 0.3 is 0 Å². The summed E-state index contributed by atoms with van der Waals surface area (Å²) >= 11 is 0. The molecule has 1 aromatic carbocycles. The number of Topliss-reactive ketones (excluding diaryl/α,β-unsaturated/α-hetero) is 2. The smallest absolute Gasteiger partial charge is 0.169 e. The molecule has 0 bridgehead atoms. The summed E-state index contributed by atoms with van der Waals surface area (Å²) in [5.41, 5.74) is 1.45. The van der Waals surface area contributed by atoms with Gasteiger partial charge in [-0.3, -0.25) is 9.59 Å². The van der Waals surface area contributed by atoms with Gasteiger partial charge in [0.1, 0.15) is 5.78 Å². The maximum atomic E-state index is 12.4. The van der Waals surface area contributed by atoms with Crippen molar-refractivity contribution < 1.29 is 9.59 Å². The lowest BCUT2D eigenvalue weighted by Crippen LogP contribution is -2.35. The Labute approximate surface area is 102 Å². The van der Waals surface area contributed by atoms with Crippen molar-refractivity contribution in [3.63, 3.8) is 0 Å². The molecule has 0 N–H and O–H groups in total. The lowest BCUT2D eigenvalue weighted by molar-refractivity contribution is -0.120. The Morgan fingerprint density at radius 3 is 2.76 bits per heavy atom. The minimum atomic E-state index is -0.485. The van der Waals surface area contributed by atoms with Crippen LogP contribution in [0, 0.1) is 5.41 Å². The summed E-state index contributed by atoms with van der Waals surface area (Å²) in [6.07, 6.45) is 2.59. The standard InChI is InChI=1S/C15H18O2/c1-3-12(16)10-15(2)9-8-11-6-4-5-7-13(11)14(15)17/h4-7H,3,8-10H2,1-2H3. The molecule has 2 heteroatoms. The molecule has 0 spiro atoms. The molecule has 0 aromatic heterocycles. The third-order valence-electron chi connectivity index (χ3n) is 3.74. The molecule has 0 amide bonds. The van der Waals surface area contributed by atoms with Crippen LogP contribution in [0.25, 0.3) is 0 Å². The summed E-state index contributed by atoms with van der Waals surface area (Å²) in [6, 6.07) is 7.75. The van der Waals surface area contributed by atoms with Crippen LogP contribution < -0.4 is 0 Å². The van der Waals surface area contributed by atoms with Crippen molar-refractivity contribution in [1.29, 1.82) is 0 Å². The van der Waals surface area contributed by atoms with Gasteiger partial charge in [0.15, 0.2) is 5.78 Å². The predicted octanol–water partition coefficient (Wildman–Crippen LogP) is 3.19. The SMILES string of the molecule is CCC(=O)CC1(C)CCc2ccccc2C1=O. The Bertz CT molecular complexity index is 462.